The zero-order chi connectivity index (χ0) is 18.7. The van der Waals surface area contributed by atoms with Crippen LogP contribution in [0.2, 0.25) is 0 Å². The maximum atomic E-state index is 12.9. The summed E-state index contributed by atoms with van der Waals surface area (Å²) < 4.78 is 29.1. The van der Waals surface area contributed by atoms with Gasteiger partial charge in [0.2, 0.25) is 15.9 Å². The molecular weight excluding hydrogens is 374 g/mol. The molecule has 1 amide bonds. The first kappa shape index (κ1) is 18.9. The molecule has 1 unspecified atom stereocenters. The molecule has 0 spiro atoms. The molecular formula is C16H21N5O3S2. The molecule has 1 fully saturated rings. The van der Waals surface area contributed by atoms with Crippen molar-refractivity contribution >= 4 is 27.7 Å². The lowest BCUT2D eigenvalue weighted by molar-refractivity contribution is -0.115. The van der Waals surface area contributed by atoms with Crippen LogP contribution < -0.4 is 5.73 Å². The zero-order valence-electron chi connectivity index (χ0n) is 14.4. The standard InChI is InChI=1S/C16H21N5O3S2/c1-20-15(18-19-16(20)25-11-14(17)22)12-6-5-9-21(10-12)26(23,24)13-7-3-2-4-8-13/h2-4,7-8,12H,5-6,9-11H2,1H3,(H2,17,22). The lowest BCUT2D eigenvalue weighted by Gasteiger charge is -2.31. The van der Waals surface area contributed by atoms with Crippen molar-refractivity contribution in [1.29, 1.82) is 0 Å². The second-order valence-electron chi connectivity index (χ2n) is 6.17. The Bertz CT molecular complexity index is 883. The van der Waals surface area contributed by atoms with Crippen LogP contribution in [0.5, 0.6) is 0 Å². The molecule has 0 saturated carbocycles. The lowest BCUT2D eigenvalue weighted by Crippen LogP contribution is -2.39. The molecule has 140 valence electrons. The Morgan fingerprint density at radius 1 is 1.31 bits per heavy atom. The maximum absolute atomic E-state index is 12.9. The fourth-order valence-electron chi connectivity index (χ4n) is 3.06. The molecule has 0 radical (unpaired) electrons. The van der Waals surface area contributed by atoms with E-state index in [1.807, 2.05) is 11.6 Å². The van der Waals surface area contributed by atoms with E-state index in [-0.39, 0.29) is 11.7 Å². The molecule has 26 heavy (non-hydrogen) atoms. The molecule has 1 aliphatic rings. The average molecular weight is 396 g/mol. The molecule has 2 aromatic rings. The zero-order valence-corrected chi connectivity index (χ0v) is 16.0. The van der Waals surface area contributed by atoms with Crippen LogP contribution >= 0.6 is 11.8 Å². The van der Waals surface area contributed by atoms with Gasteiger partial charge in [0.15, 0.2) is 5.16 Å². The third-order valence-corrected chi connectivity index (χ3v) is 7.26. The van der Waals surface area contributed by atoms with E-state index in [1.54, 1.807) is 30.3 Å². The van der Waals surface area contributed by atoms with Gasteiger partial charge in [0.25, 0.3) is 0 Å². The van der Waals surface area contributed by atoms with E-state index in [0.717, 1.165) is 18.7 Å². The van der Waals surface area contributed by atoms with Crippen molar-refractivity contribution < 1.29 is 13.2 Å². The highest BCUT2D eigenvalue weighted by Gasteiger charge is 2.33. The molecule has 0 aliphatic carbocycles. The monoisotopic (exact) mass is 395 g/mol. The third-order valence-electron chi connectivity index (χ3n) is 4.34. The Labute approximate surface area is 156 Å². The van der Waals surface area contributed by atoms with Crippen LogP contribution in [0.4, 0.5) is 0 Å². The lowest BCUT2D eigenvalue weighted by atomic mass is 9.99. The van der Waals surface area contributed by atoms with Crippen LogP contribution in [0.3, 0.4) is 0 Å². The van der Waals surface area contributed by atoms with Crippen LogP contribution in [-0.2, 0) is 21.9 Å². The first-order valence-electron chi connectivity index (χ1n) is 8.25. The molecule has 0 bridgehead atoms. The van der Waals surface area contributed by atoms with Crippen molar-refractivity contribution in [2.24, 2.45) is 12.8 Å². The van der Waals surface area contributed by atoms with Gasteiger partial charge in [-0.3, -0.25) is 4.79 Å². The van der Waals surface area contributed by atoms with Gasteiger partial charge >= 0.3 is 0 Å². The van der Waals surface area contributed by atoms with Crippen molar-refractivity contribution in [3.63, 3.8) is 0 Å². The third kappa shape index (κ3) is 3.92. The number of carbonyl (C=O) groups excluding carboxylic acids is 1. The molecule has 1 atom stereocenters. The van der Waals surface area contributed by atoms with Crippen molar-refractivity contribution in [1.82, 2.24) is 19.1 Å². The second-order valence-corrected chi connectivity index (χ2v) is 9.05. The van der Waals surface area contributed by atoms with Gasteiger partial charge in [-0.25, -0.2) is 8.42 Å². The van der Waals surface area contributed by atoms with Gasteiger partial charge in [-0.1, -0.05) is 30.0 Å². The summed E-state index contributed by atoms with van der Waals surface area (Å²) in [6, 6.07) is 8.46. The summed E-state index contributed by atoms with van der Waals surface area (Å²) in [6.07, 6.45) is 1.60. The molecule has 2 N–H and O–H groups in total. The molecule has 8 nitrogen and oxygen atoms in total. The molecule has 10 heteroatoms. The van der Waals surface area contributed by atoms with Gasteiger partial charge in [-0.2, -0.15) is 4.31 Å². The van der Waals surface area contributed by atoms with E-state index in [0.29, 0.717) is 23.1 Å². The highest BCUT2D eigenvalue weighted by molar-refractivity contribution is 7.99. The van der Waals surface area contributed by atoms with Gasteiger partial charge in [0, 0.05) is 26.1 Å². The Morgan fingerprint density at radius 2 is 2.04 bits per heavy atom. The highest BCUT2D eigenvalue weighted by Crippen LogP contribution is 2.30. The Hall–Kier alpha value is -1.91. The van der Waals surface area contributed by atoms with Gasteiger partial charge in [-0.15, -0.1) is 10.2 Å². The number of nitrogens with two attached hydrogens (primary N) is 1. The van der Waals surface area contributed by atoms with Crippen LogP contribution in [-0.4, -0.2) is 52.2 Å². The van der Waals surface area contributed by atoms with Crippen molar-refractivity contribution in [2.45, 2.75) is 28.8 Å². The average Bonchev–Trinajstić information content (AvgIpc) is 3.01. The van der Waals surface area contributed by atoms with Crippen molar-refractivity contribution in [3.8, 4) is 0 Å². The number of amides is 1. The van der Waals surface area contributed by atoms with Gasteiger partial charge in [-0.05, 0) is 25.0 Å². The van der Waals surface area contributed by atoms with Crippen LogP contribution in [0, 0.1) is 0 Å². The summed E-state index contributed by atoms with van der Waals surface area (Å²) >= 11 is 1.23. The number of aromatic nitrogens is 3. The maximum Gasteiger partial charge on any atom is 0.243 e. The number of benzene rings is 1. The quantitative estimate of drug-likeness (QED) is 0.729. The number of hydrogen-bond donors (Lipinski definition) is 1. The largest absolute Gasteiger partial charge is 0.369 e. The predicted molar refractivity (Wildman–Crippen MR) is 98.1 cm³/mol. The summed E-state index contributed by atoms with van der Waals surface area (Å²) in [5.41, 5.74) is 5.17. The fourth-order valence-corrected chi connectivity index (χ4v) is 5.26. The SMILES string of the molecule is Cn1c(SCC(N)=O)nnc1C1CCCN(S(=O)(=O)c2ccccc2)C1. The molecule has 1 aliphatic heterocycles. The number of sulfonamides is 1. The summed E-state index contributed by atoms with van der Waals surface area (Å²) in [6.45, 7) is 0.860. The normalized spacial score (nSPS) is 18.7. The summed E-state index contributed by atoms with van der Waals surface area (Å²) in [5, 5.41) is 8.93. The number of piperidine rings is 1. The van der Waals surface area contributed by atoms with E-state index < -0.39 is 15.9 Å². The molecule has 1 aromatic carbocycles. The molecule has 3 rings (SSSR count). The highest BCUT2D eigenvalue weighted by atomic mass is 32.2. The number of rotatable bonds is 6. The fraction of sp³-hybridized carbons (Fsp3) is 0.438. The summed E-state index contributed by atoms with van der Waals surface area (Å²) in [4.78, 5) is 11.3. The van der Waals surface area contributed by atoms with E-state index in [2.05, 4.69) is 10.2 Å². The van der Waals surface area contributed by atoms with Crippen LogP contribution in [0.1, 0.15) is 24.6 Å². The Kier molecular flexibility index (Phi) is 5.64. The van der Waals surface area contributed by atoms with Gasteiger partial charge in [0.05, 0.1) is 10.6 Å². The predicted octanol–water partition coefficient (Wildman–Crippen LogP) is 0.961. The molecule has 1 aromatic heterocycles. The topological polar surface area (TPSA) is 111 Å². The first-order chi connectivity index (χ1) is 12.4. The Morgan fingerprint density at radius 3 is 2.73 bits per heavy atom. The second kappa shape index (κ2) is 7.77. The minimum Gasteiger partial charge on any atom is -0.369 e. The number of carbonyl (C=O) groups is 1. The minimum absolute atomic E-state index is 0.0392. The first-order valence-corrected chi connectivity index (χ1v) is 10.7. The Balaban J connectivity index is 1.78. The molecule has 1 saturated heterocycles. The van der Waals surface area contributed by atoms with Gasteiger partial charge in [0.1, 0.15) is 5.82 Å². The number of nitrogens with zero attached hydrogens (tertiary/aromatic N) is 4. The van der Waals surface area contributed by atoms with E-state index in [9.17, 15) is 13.2 Å². The van der Waals surface area contributed by atoms with E-state index in [1.165, 1.54) is 16.1 Å². The number of hydrogen-bond acceptors (Lipinski definition) is 6. The smallest absolute Gasteiger partial charge is 0.243 e. The van der Waals surface area contributed by atoms with Crippen LogP contribution in [0.15, 0.2) is 40.4 Å². The van der Waals surface area contributed by atoms with Gasteiger partial charge < -0.3 is 10.3 Å². The summed E-state index contributed by atoms with van der Waals surface area (Å²) in [5.74, 6) is 0.399. The summed E-state index contributed by atoms with van der Waals surface area (Å²) in [7, 11) is -1.70. The number of primary amides is 1. The van der Waals surface area contributed by atoms with E-state index in [4.69, 9.17) is 5.73 Å². The molecule has 2 heterocycles. The van der Waals surface area contributed by atoms with Crippen LogP contribution in [0.25, 0.3) is 0 Å². The van der Waals surface area contributed by atoms with E-state index >= 15 is 0 Å². The van der Waals surface area contributed by atoms with Crippen molar-refractivity contribution in [3.05, 3.63) is 36.2 Å². The van der Waals surface area contributed by atoms with Crippen molar-refractivity contribution in [2.75, 3.05) is 18.8 Å². The number of thioether (sulfide) groups is 1. The minimum atomic E-state index is -3.52.